The fraction of sp³-hybridized carbons (Fsp3) is 0.423. The van der Waals surface area contributed by atoms with E-state index in [1.54, 1.807) is 19.2 Å². The van der Waals surface area contributed by atoms with Gasteiger partial charge in [-0.1, -0.05) is 0 Å². The number of anilines is 1. The van der Waals surface area contributed by atoms with Crippen LogP contribution in [-0.2, 0) is 9.53 Å². The molecule has 3 aliphatic heterocycles. The lowest BCUT2D eigenvalue weighted by Gasteiger charge is -2.29. The van der Waals surface area contributed by atoms with Crippen molar-refractivity contribution >= 4 is 34.9 Å². The van der Waals surface area contributed by atoms with Crippen molar-refractivity contribution in [1.29, 1.82) is 0 Å². The predicted octanol–water partition coefficient (Wildman–Crippen LogP) is 2.14. The van der Waals surface area contributed by atoms with Gasteiger partial charge in [0.15, 0.2) is 17.3 Å². The fourth-order valence-corrected chi connectivity index (χ4v) is 4.56. The lowest BCUT2D eigenvalue weighted by Crippen LogP contribution is -2.39. The zero-order valence-electron chi connectivity index (χ0n) is 21.0. The first-order chi connectivity index (χ1) is 18.0. The molecule has 0 atom stereocenters. The van der Waals surface area contributed by atoms with E-state index in [-0.39, 0.29) is 18.1 Å². The van der Waals surface area contributed by atoms with E-state index in [2.05, 4.69) is 15.2 Å². The normalized spacial score (nSPS) is 16.9. The van der Waals surface area contributed by atoms with Crippen LogP contribution in [0.5, 0.6) is 11.5 Å². The molecule has 1 aromatic heterocycles. The van der Waals surface area contributed by atoms with Gasteiger partial charge in [-0.15, -0.1) is 0 Å². The monoisotopic (exact) mass is 506 g/mol. The van der Waals surface area contributed by atoms with Gasteiger partial charge in [0, 0.05) is 50.4 Å². The van der Waals surface area contributed by atoms with Crippen LogP contribution in [0.1, 0.15) is 29.3 Å². The van der Waals surface area contributed by atoms with Crippen LogP contribution < -0.4 is 14.8 Å². The van der Waals surface area contributed by atoms with Crippen molar-refractivity contribution in [3.05, 3.63) is 41.6 Å². The largest absolute Gasteiger partial charge is 0.493 e. The number of amides is 1. The molecule has 5 rings (SSSR count). The summed E-state index contributed by atoms with van der Waals surface area (Å²) in [5, 5.41) is 2.60. The van der Waals surface area contributed by atoms with E-state index in [1.807, 2.05) is 17.0 Å². The summed E-state index contributed by atoms with van der Waals surface area (Å²) in [5.74, 6) is 2.56. The second kappa shape index (κ2) is 11.1. The van der Waals surface area contributed by atoms with Crippen LogP contribution in [0.25, 0.3) is 0 Å². The third-order valence-electron chi connectivity index (χ3n) is 6.42. The van der Waals surface area contributed by atoms with Crippen LogP contribution in [0.3, 0.4) is 0 Å². The number of nitrogens with zero attached hydrogens (tertiary/aromatic N) is 5. The fourth-order valence-electron chi connectivity index (χ4n) is 4.56. The molecular weight excluding hydrogens is 476 g/mol. The SMILES string of the molecule is COc1ccc2c(c1OCCN1CCOCC1)N=C(CC(=O)c1ccc(NC(C)=O)nc1)N1CCN=C21. The first-order valence-electron chi connectivity index (χ1n) is 12.3. The number of hydrogen-bond acceptors (Lipinski definition) is 10. The molecule has 0 aliphatic carbocycles. The summed E-state index contributed by atoms with van der Waals surface area (Å²) in [5.41, 5.74) is 1.92. The molecule has 0 bridgehead atoms. The Labute approximate surface area is 215 Å². The Balaban J connectivity index is 1.39. The predicted molar refractivity (Wildman–Crippen MR) is 138 cm³/mol. The zero-order valence-corrected chi connectivity index (χ0v) is 21.0. The maximum absolute atomic E-state index is 13.2. The highest BCUT2D eigenvalue weighted by atomic mass is 16.5. The molecule has 1 saturated heterocycles. The van der Waals surface area contributed by atoms with Crippen molar-refractivity contribution < 1.29 is 23.8 Å². The van der Waals surface area contributed by atoms with Crippen LogP contribution in [0, 0.1) is 0 Å². The Morgan fingerprint density at radius 1 is 1.14 bits per heavy atom. The van der Waals surface area contributed by atoms with E-state index in [9.17, 15) is 9.59 Å². The summed E-state index contributed by atoms with van der Waals surface area (Å²) in [6, 6.07) is 7.07. The number of ether oxygens (including phenoxy) is 3. The molecule has 194 valence electrons. The molecule has 0 radical (unpaired) electrons. The molecule has 37 heavy (non-hydrogen) atoms. The summed E-state index contributed by atoms with van der Waals surface area (Å²) in [7, 11) is 1.60. The molecule has 1 amide bonds. The Hall–Kier alpha value is -3.83. The van der Waals surface area contributed by atoms with E-state index in [1.165, 1.54) is 13.1 Å². The second-order valence-corrected chi connectivity index (χ2v) is 8.89. The third-order valence-corrected chi connectivity index (χ3v) is 6.42. The van der Waals surface area contributed by atoms with Gasteiger partial charge in [0.05, 0.1) is 33.3 Å². The number of Topliss-reactive ketones (excluding diaryl/α,β-unsaturated/α-hetero) is 1. The van der Waals surface area contributed by atoms with E-state index >= 15 is 0 Å². The number of benzene rings is 1. The number of pyridine rings is 1. The smallest absolute Gasteiger partial charge is 0.222 e. The lowest BCUT2D eigenvalue weighted by molar-refractivity contribution is -0.114. The summed E-state index contributed by atoms with van der Waals surface area (Å²) < 4.78 is 17.3. The quantitative estimate of drug-likeness (QED) is 0.514. The van der Waals surface area contributed by atoms with E-state index in [0.717, 1.165) is 44.2 Å². The highest BCUT2D eigenvalue weighted by Gasteiger charge is 2.33. The van der Waals surface area contributed by atoms with E-state index < -0.39 is 0 Å². The molecule has 3 aliphatic rings. The van der Waals surface area contributed by atoms with Gasteiger partial charge < -0.3 is 24.4 Å². The van der Waals surface area contributed by atoms with Gasteiger partial charge in [0.1, 0.15) is 29.8 Å². The summed E-state index contributed by atoms with van der Waals surface area (Å²) in [6.45, 7) is 7.13. The minimum Gasteiger partial charge on any atom is -0.493 e. The molecule has 0 spiro atoms. The Kier molecular flexibility index (Phi) is 7.42. The third kappa shape index (κ3) is 5.47. The van der Waals surface area contributed by atoms with Gasteiger partial charge in [0.2, 0.25) is 5.91 Å². The average molecular weight is 507 g/mol. The van der Waals surface area contributed by atoms with Crippen molar-refractivity contribution in [3.8, 4) is 11.5 Å². The van der Waals surface area contributed by atoms with Gasteiger partial charge in [0.25, 0.3) is 0 Å². The number of carbonyl (C=O) groups is 2. The number of morpholine rings is 1. The van der Waals surface area contributed by atoms with E-state index in [0.29, 0.717) is 54.1 Å². The number of aromatic nitrogens is 1. The first kappa shape index (κ1) is 24.8. The minimum absolute atomic E-state index is 0.0735. The molecule has 1 fully saturated rings. The van der Waals surface area contributed by atoms with Gasteiger partial charge >= 0.3 is 0 Å². The van der Waals surface area contributed by atoms with Crippen molar-refractivity contribution in [3.63, 3.8) is 0 Å². The van der Waals surface area contributed by atoms with E-state index in [4.69, 9.17) is 24.2 Å². The van der Waals surface area contributed by atoms with Crippen molar-refractivity contribution in [2.24, 2.45) is 9.98 Å². The molecule has 11 heteroatoms. The maximum Gasteiger partial charge on any atom is 0.222 e. The molecule has 0 unspecified atom stereocenters. The van der Waals surface area contributed by atoms with Gasteiger partial charge in [-0.3, -0.25) is 19.5 Å². The van der Waals surface area contributed by atoms with Crippen LogP contribution in [0.4, 0.5) is 11.5 Å². The topological polar surface area (TPSA) is 118 Å². The Bertz CT molecular complexity index is 1240. The van der Waals surface area contributed by atoms with Gasteiger partial charge in [-0.25, -0.2) is 9.98 Å². The van der Waals surface area contributed by atoms with Gasteiger partial charge in [-0.05, 0) is 24.3 Å². The number of hydrogen-bond donors (Lipinski definition) is 1. The second-order valence-electron chi connectivity index (χ2n) is 8.89. The highest BCUT2D eigenvalue weighted by molar-refractivity contribution is 6.21. The molecule has 4 heterocycles. The van der Waals surface area contributed by atoms with Crippen LogP contribution in [0.2, 0.25) is 0 Å². The number of nitrogens with one attached hydrogen (secondary N) is 1. The lowest BCUT2D eigenvalue weighted by atomic mass is 10.0. The molecule has 1 N–H and O–H groups in total. The van der Waals surface area contributed by atoms with Crippen LogP contribution in [-0.4, -0.2) is 97.8 Å². The van der Waals surface area contributed by atoms with Crippen molar-refractivity contribution in [1.82, 2.24) is 14.8 Å². The molecule has 2 aromatic rings. The molecule has 0 saturated carbocycles. The average Bonchev–Trinajstić information content (AvgIpc) is 3.40. The number of fused-ring (bicyclic) bond motifs is 3. The van der Waals surface area contributed by atoms with Crippen LogP contribution in [0.15, 0.2) is 40.4 Å². The summed E-state index contributed by atoms with van der Waals surface area (Å²) >= 11 is 0. The molecule has 11 nitrogen and oxygen atoms in total. The molecule has 1 aromatic carbocycles. The number of carbonyl (C=O) groups excluding carboxylic acids is 2. The Morgan fingerprint density at radius 2 is 1.97 bits per heavy atom. The van der Waals surface area contributed by atoms with Crippen LogP contribution >= 0.6 is 0 Å². The number of methoxy groups -OCH3 is 1. The van der Waals surface area contributed by atoms with Crippen molar-refractivity contribution in [2.75, 3.05) is 65.0 Å². The number of aliphatic imine (C=N–C) groups is 2. The summed E-state index contributed by atoms with van der Waals surface area (Å²) in [6.07, 6.45) is 1.54. The van der Waals surface area contributed by atoms with Gasteiger partial charge in [-0.2, -0.15) is 0 Å². The number of amidine groups is 2. The highest BCUT2D eigenvalue weighted by Crippen LogP contribution is 2.43. The standard InChI is InChI=1S/C26H30N6O5/c1-17(33)29-22-6-3-18(16-28-22)20(34)15-23-30-24-19(26-27-7-8-32(23)26)4-5-21(35-2)25(24)37-14-11-31-9-12-36-13-10-31/h3-6,16H,7-15H2,1-2H3,(H,28,29,33). The summed E-state index contributed by atoms with van der Waals surface area (Å²) in [4.78, 5) is 42.5. The zero-order chi connectivity index (χ0) is 25.8. The van der Waals surface area contributed by atoms with Crippen molar-refractivity contribution in [2.45, 2.75) is 13.3 Å². The maximum atomic E-state index is 13.2. The number of rotatable bonds is 9. The number of ketones is 1. The molecular formula is C26H30N6O5. The first-order valence-corrected chi connectivity index (χ1v) is 12.3. The Morgan fingerprint density at radius 3 is 2.70 bits per heavy atom. The minimum atomic E-state index is -0.221.